The van der Waals surface area contributed by atoms with E-state index in [2.05, 4.69) is 27.4 Å². The van der Waals surface area contributed by atoms with Gasteiger partial charge in [0.05, 0.1) is 12.9 Å². The Morgan fingerprint density at radius 3 is 2.10 bits per heavy atom. The van der Waals surface area contributed by atoms with Gasteiger partial charge in [-0.05, 0) is 41.9 Å². The van der Waals surface area contributed by atoms with Crippen LogP contribution in [0.25, 0.3) is 6.08 Å². The Balaban J connectivity index is 2.67. The van der Waals surface area contributed by atoms with Gasteiger partial charge in [-0.1, -0.05) is 45.6 Å². The molecule has 1 aromatic carbocycles. The number of allylic oxidation sites excluding steroid dienone is 1. The number of hydrogen-bond acceptors (Lipinski definition) is 2. The first kappa shape index (κ1) is 16.6. The Morgan fingerprint density at radius 1 is 1.10 bits per heavy atom. The molecule has 0 heterocycles. The lowest BCUT2D eigenvalue weighted by Crippen LogP contribution is -2.34. The topological polar surface area (TPSA) is 18.5 Å². The van der Waals surface area contributed by atoms with Crippen LogP contribution in [0, 0.1) is 0 Å². The minimum absolute atomic E-state index is 0.776. The van der Waals surface area contributed by atoms with Crippen LogP contribution in [0.15, 0.2) is 42.7 Å². The highest BCUT2D eigenvalue weighted by molar-refractivity contribution is 6.73. The Bertz CT molecular complexity index is 436. The third-order valence-corrected chi connectivity index (χ3v) is 8.42. The summed E-state index contributed by atoms with van der Waals surface area (Å²) >= 11 is 0. The summed E-state index contributed by atoms with van der Waals surface area (Å²) in [5, 5.41) is 0. The summed E-state index contributed by atoms with van der Waals surface area (Å²) in [7, 11) is 0.0674. The Kier molecular flexibility index (Phi) is 6.59. The second-order valence-corrected chi connectivity index (χ2v) is 9.61. The number of rotatable bonds is 8. The van der Waals surface area contributed by atoms with E-state index in [1.54, 1.807) is 7.11 Å². The lowest BCUT2D eigenvalue weighted by atomic mass is 10.2. The number of benzene rings is 1. The fraction of sp³-hybridized carbons (Fsp3) is 0.412. The van der Waals surface area contributed by atoms with Crippen molar-refractivity contribution in [2.75, 3.05) is 7.11 Å². The average Bonchev–Trinajstić information content (AvgIpc) is 2.51. The van der Waals surface area contributed by atoms with Gasteiger partial charge < -0.3 is 9.16 Å². The average molecular weight is 290 g/mol. The molecule has 3 heteroatoms. The lowest BCUT2D eigenvalue weighted by Gasteiger charge is -2.29. The summed E-state index contributed by atoms with van der Waals surface area (Å²) in [6, 6.07) is 11.3. The molecule has 0 radical (unpaired) electrons. The zero-order valence-corrected chi connectivity index (χ0v) is 14.1. The largest absolute Gasteiger partial charge is 0.544 e. The summed E-state index contributed by atoms with van der Waals surface area (Å²) in [5.41, 5.74) is 1.12. The van der Waals surface area contributed by atoms with E-state index in [0.29, 0.717) is 0 Å². The van der Waals surface area contributed by atoms with E-state index in [1.165, 1.54) is 0 Å². The first-order chi connectivity index (χ1) is 9.59. The molecule has 20 heavy (non-hydrogen) atoms. The molecule has 0 amide bonds. The minimum Gasteiger partial charge on any atom is -0.544 e. The fourth-order valence-electron chi connectivity index (χ4n) is 2.18. The maximum atomic E-state index is 6.19. The number of methoxy groups -OCH3 is 1. The summed E-state index contributed by atoms with van der Waals surface area (Å²) < 4.78 is 11.3. The summed E-state index contributed by atoms with van der Waals surface area (Å²) in [5.74, 6) is 1.64. The molecule has 0 saturated heterocycles. The van der Waals surface area contributed by atoms with Gasteiger partial charge in [0, 0.05) is 0 Å². The minimum atomic E-state index is -1.60. The molecule has 1 rings (SSSR count). The molecule has 0 aromatic heterocycles. The van der Waals surface area contributed by atoms with Crippen molar-refractivity contribution in [3.05, 3.63) is 48.2 Å². The smallest absolute Gasteiger partial charge is 0.250 e. The van der Waals surface area contributed by atoms with E-state index in [0.717, 1.165) is 35.2 Å². The zero-order valence-electron chi connectivity index (χ0n) is 13.1. The van der Waals surface area contributed by atoms with Gasteiger partial charge in [-0.15, -0.1) is 0 Å². The highest BCUT2D eigenvalue weighted by Gasteiger charge is 2.30. The van der Waals surface area contributed by atoms with Gasteiger partial charge in [0.15, 0.2) is 0 Å². The molecule has 0 saturated carbocycles. The second kappa shape index (κ2) is 7.95. The standard InChI is InChI=1S/C17H26O2Si/c1-6-20(7-2,8-3)19-15(4)9-10-16-11-13-17(18-5)14-12-16/h9-14H,4,6-8H2,1-3,5H3/b10-9+. The monoisotopic (exact) mass is 290 g/mol. The van der Waals surface area contributed by atoms with Crippen LogP contribution in [0.1, 0.15) is 26.3 Å². The van der Waals surface area contributed by atoms with E-state index in [9.17, 15) is 0 Å². The normalized spacial score (nSPS) is 11.6. The molecular weight excluding hydrogens is 264 g/mol. The van der Waals surface area contributed by atoms with Crippen molar-refractivity contribution in [3.63, 3.8) is 0 Å². The molecule has 0 atom stereocenters. The van der Waals surface area contributed by atoms with E-state index < -0.39 is 8.32 Å². The van der Waals surface area contributed by atoms with Crippen molar-refractivity contribution in [1.29, 1.82) is 0 Å². The quantitative estimate of drug-likeness (QED) is 0.370. The SMILES string of the molecule is C=C(/C=C/c1ccc(OC)cc1)O[Si](CC)(CC)CC. The summed E-state index contributed by atoms with van der Waals surface area (Å²) in [6.07, 6.45) is 3.99. The molecule has 110 valence electrons. The van der Waals surface area contributed by atoms with Crippen LogP contribution in [-0.4, -0.2) is 15.4 Å². The van der Waals surface area contributed by atoms with Crippen molar-refractivity contribution in [2.24, 2.45) is 0 Å². The van der Waals surface area contributed by atoms with Crippen molar-refractivity contribution in [2.45, 2.75) is 38.9 Å². The molecule has 1 aromatic rings. The van der Waals surface area contributed by atoms with Crippen LogP contribution in [0.5, 0.6) is 5.75 Å². The maximum Gasteiger partial charge on any atom is 0.250 e. The van der Waals surface area contributed by atoms with Crippen LogP contribution < -0.4 is 4.74 Å². The Morgan fingerprint density at radius 2 is 1.65 bits per heavy atom. The molecule has 0 aliphatic heterocycles. The third-order valence-electron chi connectivity index (χ3n) is 3.86. The molecule has 0 spiro atoms. The first-order valence-electron chi connectivity index (χ1n) is 7.29. The van der Waals surface area contributed by atoms with Crippen molar-refractivity contribution >= 4 is 14.4 Å². The van der Waals surface area contributed by atoms with Gasteiger partial charge in [-0.25, -0.2) is 0 Å². The lowest BCUT2D eigenvalue weighted by molar-refractivity contribution is 0.415. The van der Waals surface area contributed by atoms with E-state index in [4.69, 9.17) is 9.16 Å². The molecule has 0 aliphatic carbocycles. The predicted molar refractivity (Wildman–Crippen MR) is 89.5 cm³/mol. The number of hydrogen-bond donors (Lipinski definition) is 0. The van der Waals surface area contributed by atoms with Crippen LogP contribution in [-0.2, 0) is 4.43 Å². The highest BCUT2D eigenvalue weighted by atomic mass is 28.4. The number of ether oxygens (including phenoxy) is 1. The van der Waals surface area contributed by atoms with E-state index in [-0.39, 0.29) is 0 Å². The van der Waals surface area contributed by atoms with Gasteiger partial charge in [0.2, 0.25) is 8.32 Å². The second-order valence-electron chi connectivity index (χ2n) is 4.92. The van der Waals surface area contributed by atoms with Gasteiger partial charge in [0.1, 0.15) is 5.75 Å². The van der Waals surface area contributed by atoms with Gasteiger partial charge in [-0.2, -0.15) is 0 Å². The van der Waals surface area contributed by atoms with Crippen LogP contribution >= 0.6 is 0 Å². The van der Waals surface area contributed by atoms with Crippen LogP contribution in [0.2, 0.25) is 18.1 Å². The maximum absolute atomic E-state index is 6.19. The zero-order chi connectivity index (χ0) is 15.0. The molecule has 0 fully saturated rings. The molecule has 0 unspecified atom stereocenters. The van der Waals surface area contributed by atoms with E-state index in [1.807, 2.05) is 36.4 Å². The van der Waals surface area contributed by atoms with Crippen LogP contribution in [0.4, 0.5) is 0 Å². The first-order valence-corrected chi connectivity index (χ1v) is 9.82. The highest BCUT2D eigenvalue weighted by Crippen LogP contribution is 2.24. The third kappa shape index (κ3) is 4.56. The Hall–Kier alpha value is -1.48. The molecular formula is C17H26O2Si. The fourth-order valence-corrected chi connectivity index (χ4v) is 4.74. The van der Waals surface area contributed by atoms with Crippen molar-refractivity contribution < 1.29 is 9.16 Å². The Labute approximate surface area is 124 Å². The molecule has 0 aliphatic rings. The van der Waals surface area contributed by atoms with E-state index >= 15 is 0 Å². The molecule has 0 bridgehead atoms. The van der Waals surface area contributed by atoms with Crippen molar-refractivity contribution in [1.82, 2.24) is 0 Å². The molecule has 2 nitrogen and oxygen atoms in total. The summed E-state index contributed by atoms with van der Waals surface area (Å²) in [6.45, 7) is 10.7. The van der Waals surface area contributed by atoms with Gasteiger partial charge >= 0.3 is 0 Å². The van der Waals surface area contributed by atoms with Gasteiger partial charge in [0.25, 0.3) is 0 Å². The van der Waals surface area contributed by atoms with Crippen LogP contribution in [0.3, 0.4) is 0 Å². The van der Waals surface area contributed by atoms with Gasteiger partial charge in [-0.3, -0.25) is 0 Å². The predicted octanol–water partition coefficient (Wildman–Crippen LogP) is 5.24. The van der Waals surface area contributed by atoms with Crippen molar-refractivity contribution in [3.8, 4) is 5.75 Å². The summed E-state index contributed by atoms with van der Waals surface area (Å²) in [4.78, 5) is 0. The molecule has 0 N–H and O–H groups in total.